The van der Waals surface area contributed by atoms with Crippen molar-refractivity contribution in [2.75, 3.05) is 11.5 Å². The number of nitrogens with one attached hydrogen (secondary N) is 1. The molecule has 2 rings (SSSR count). The summed E-state index contributed by atoms with van der Waals surface area (Å²) >= 11 is 0. The Hall–Kier alpha value is -1.82. The minimum absolute atomic E-state index is 0.00140. The first-order valence-corrected chi connectivity index (χ1v) is 8.56. The number of carbonyl (C=O) groups excluding carboxylic acids is 1. The van der Waals surface area contributed by atoms with Crippen LogP contribution in [0.1, 0.15) is 20.3 Å². The molecule has 0 unspecified atom stereocenters. The van der Waals surface area contributed by atoms with Gasteiger partial charge in [0.05, 0.1) is 16.9 Å². The highest BCUT2D eigenvalue weighted by Gasteiger charge is 2.35. The van der Waals surface area contributed by atoms with Gasteiger partial charge >= 0.3 is 0 Å². The Kier molecular flexibility index (Phi) is 4.37. The molecule has 0 saturated heterocycles. The van der Waals surface area contributed by atoms with Crippen molar-refractivity contribution in [1.82, 2.24) is 5.48 Å². The van der Waals surface area contributed by atoms with Crippen molar-refractivity contribution in [3.05, 3.63) is 42.0 Å². The van der Waals surface area contributed by atoms with Crippen LogP contribution in [0.5, 0.6) is 5.75 Å². The van der Waals surface area contributed by atoms with Crippen molar-refractivity contribution in [2.24, 2.45) is 5.41 Å². The summed E-state index contributed by atoms with van der Waals surface area (Å²) in [5.74, 6) is 0.340. The summed E-state index contributed by atoms with van der Waals surface area (Å²) in [6.07, 6.45) is 2.02. The van der Waals surface area contributed by atoms with Gasteiger partial charge in [-0.15, -0.1) is 0 Å². The normalized spacial score (nSPS) is 17.7. The predicted octanol–water partition coefficient (Wildman–Crippen LogP) is 1.87. The molecule has 0 aromatic heterocycles. The van der Waals surface area contributed by atoms with E-state index in [-0.39, 0.29) is 17.4 Å². The molecule has 0 fully saturated rings. The van der Waals surface area contributed by atoms with E-state index >= 15 is 0 Å². The first-order valence-electron chi connectivity index (χ1n) is 6.73. The van der Waals surface area contributed by atoms with E-state index in [1.54, 1.807) is 44.2 Å². The zero-order chi connectivity index (χ0) is 15.5. The molecule has 0 spiro atoms. The van der Waals surface area contributed by atoms with E-state index in [0.717, 1.165) is 5.57 Å². The highest BCUT2D eigenvalue weighted by Crippen LogP contribution is 2.32. The number of hydroxylamine groups is 1. The molecular formula is C15H19NO4S. The summed E-state index contributed by atoms with van der Waals surface area (Å²) in [4.78, 5) is 17.5. The summed E-state index contributed by atoms with van der Waals surface area (Å²) in [6, 6.07) is 8.94. The lowest BCUT2D eigenvalue weighted by Gasteiger charge is -2.28. The first kappa shape index (κ1) is 15.6. The molecule has 1 aliphatic rings. The Bertz CT molecular complexity index is 648. The van der Waals surface area contributed by atoms with Crippen LogP contribution in [-0.2, 0) is 14.6 Å². The van der Waals surface area contributed by atoms with Crippen LogP contribution >= 0.6 is 0 Å². The van der Waals surface area contributed by atoms with Crippen LogP contribution in [0.2, 0.25) is 0 Å². The summed E-state index contributed by atoms with van der Waals surface area (Å²) in [5.41, 5.74) is 2.45. The Morgan fingerprint density at radius 2 is 1.90 bits per heavy atom. The van der Waals surface area contributed by atoms with E-state index in [0.29, 0.717) is 12.2 Å². The van der Waals surface area contributed by atoms with Crippen molar-refractivity contribution in [2.45, 2.75) is 20.3 Å². The summed E-state index contributed by atoms with van der Waals surface area (Å²) in [5, 5.41) is 0. The molecule has 0 bridgehead atoms. The highest BCUT2D eigenvalue weighted by molar-refractivity contribution is 7.91. The summed E-state index contributed by atoms with van der Waals surface area (Å²) < 4.78 is 22.9. The minimum Gasteiger partial charge on any atom is -0.380 e. The van der Waals surface area contributed by atoms with Crippen LogP contribution in [0.15, 0.2) is 42.0 Å². The van der Waals surface area contributed by atoms with Crippen LogP contribution in [0.25, 0.3) is 0 Å². The molecule has 1 N–H and O–H groups in total. The standard InChI is InChI=1S/C15H19NO4S/c1-15(2,12-8-10-21(18,19)11-9-12)14(17)16-20-13-6-4-3-5-7-13/h3-8H,9-11H2,1-2H3,(H,16,17). The fraction of sp³-hybridized carbons (Fsp3) is 0.400. The second-order valence-electron chi connectivity index (χ2n) is 5.57. The monoisotopic (exact) mass is 309 g/mol. The molecule has 5 nitrogen and oxygen atoms in total. The van der Waals surface area contributed by atoms with Gasteiger partial charge in [-0.1, -0.05) is 29.8 Å². The average molecular weight is 309 g/mol. The summed E-state index contributed by atoms with van der Waals surface area (Å²) in [7, 11) is -3.00. The van der Waals surface area contributed by atoms with Crippen LogP contribution in [0.3, 0.4) is 0 Å². The zero-order valence-corrected chi connectivity index (χ0v) is 12.9. The molecule has 6 heteroatoms. The molecule has 21 heavy (non-hydrogen) atoms. The van der Waals surface area contributed by atoms with Crippen LogP contribution in [0, 0.1) is 5.41 Å². The topological polar surface area (TPSA) is 72.5 Å². The number of hydrogen-bond donors (Lipinski definition) is 1. The number of para-hydroxylation sites is 1. The van der Waals surface area contributed by atoms with E-state index in [1.165, 1.54) is 0 Å². The fourth-order valence-corrected chi connectivity index (χ4v) is 3.27. The molecule has 0 aliphatic carbocycles. The predicted molar refractivity (Wildman–Crippen MR) is 80.3 cm³/mol. The second-order valence-corrected chi connectivity index (χ2v) is 7.79. The number of sulfone groups is 1. The van der Waals surface area contributed by atoms with Crippen molar-refractivity contribution >= 4 is 15.7 Å². The molecule has 0 atom stereocenters. The molecule has 1 aromatic carbocycles. The molecule has 1 heterocycles. The van der Waals surface area contributed by atoms with Crippen molar-refractivity contribution in [3.8, 4) is 5.75 Å². The van der Waals surface area contributed by atoms with Crippen LogP contribution < -0.4 is 10.3 Å². The minimum atomic E-state index is -3.00. The Balaban J connectivity index is 2.02. The molecular weight excluding hydrogens is 290 g/mol. The maximum Gasteiger partial charge on any atom is 0.262 e. The SMILES string of the molecule is CC(C)(C(=O)NOc1ccccc1)C1=CCS(=O)(=O)CC1. The van der Waals surface area contributed by atoms with Gasteiger partial charge in [0, 0.05) is 0 Å². The van der Waals surface area contributed by atoms with Gasteiger partial charge in [-0.3, -0.25) is 4.79 Å². The zero-order valence-electron chi connectivity index (χ0n) is 12.1. The van der Waals surface area contributed by atoms with Gasteiger partial charge in [-0.2, -0.15) is 5.48 Å². The van der Waals surface area contributed by atoms with E-state index in [1.807, 2.05) is 6.07 Å². The van der Waals surface area contributed by atoms with Crippen LogP contribution in [-0.4, -0.2) is 25.8 Å². The van der Waals surface area contributed by atoms with Crippen molar-refractivity contribution < 1.29 is 18.0 Å². The van der Waals surface area contributed by atoms with E-state index in [9.17, 15) is 13.2 Å². The number of carbonyl (C=O) groups is 1. The first-order chi connectivity index (χ1) is 9.81. The number of benzene rings is 1. The van der Waals surface area contributed by atoms with Gasteiger partial charge in [0.15, 0.2) is 15.6 Å². The lowest BCUT2D eigenvalue weighted by Crippen LogP contribution is -2.41. The molecule has 1 aliphatic heterocycles. The third kappa shape index (κ3) is 3.85. The molecule has 1 aromatic rings. The highest BCUT2D eigenvalue weighted by atomic mass is 32.2. The van der Waals surface area contributed by atoms with Crippen molar-refractivity contribution in [3.63, 3.8) is 0 Å². The second kappa shape index (κ2) is 5.89. The molecule has 1 amide bonds. The van der Waals surface area contributed by atoms with Gasteiger partial charge in [-0.05, 0) is 32.4 Å². The lowest BCUT2D eigenvalue weighted by atomic mass is 9.81. The van der Waals surface area contributed by atoms with Gasteiger partial charge in [0.2, 0.25) is 0 Å². The van der Waals surface area contributed by atoms with E-state index in [2.05, 4.69) is 5.48 Å². The quantitative estimate of drug-likeness (QED) is 0.681. The largest absolute Gasteiger partial charge is 0.380 e. The maximum atomic E-state index is 12.3. The number of amides is 1. The van der Waals surface area contributed by atoms with Gasteiger partial charge in [-0.25, -0.2) is 8.42 Å². The Morgan fingerprint density at radius 3 is 2.48 bits per heavy atom. The number of hydrogen-bond acceptors (Lipinski definition) is 4. The van der Waals surface area contributed by atoms with Gasteiger partial charge in [0.1, 0.15) is 0 Å². The lowest BCUT2D eigenvalue weighted by molar-refractivity contribution is -0.134. The Morgan fingerprint density at radius 1 is 1.24 bits per heavy atom. The van der Waals surface area contributed by atoms with Crippen LogP contribution in [0.4, 0.5) is 0 Å². The average Bonchev–Trinajstić information content (AvgIpc) is 2.45. The maximum absolute atomic E-state index is 12.3. The Labute approximate surface area is 124 Å². The van der Waals surface area contributed by atoms with Crippen molar-refractivity contribution in [1.29, 1.82) is 0 Å². The van der Waals surface area contributed by atoms with Gasteiger partial charge in [0.25, 0.3) is 5.91 Å². The number of rotatable bonds is 4. The smallest absolute Gasteiger partial charge is 0.262 e. The van der Waals surface area contributed by atoms with E-state index in [4.69, 9.17) is 4.84 Å². The molecule has 114 valence electrons. The molecule has 0 radical (unpaired) electrons. The van der Waals surface area contributed by atoms with E-state index < -0.39 is 15.3 Å². The fourth-order valence-electron chi connectivity index (χ4n) is 2.11. The van der Waals surface area contributed by atoms with Gasteiger partial charge < -0.3 is 4.84 Å². The molecule has 0 saturated carbocycles. The third-order valence-electron chi connectivity index (χ3n) is 3.64. The summed E-state index contributed by atoms with van der Waals surface area (Å²) in [6.45, 7) is 3.53. The third-order valence-corrected chi connectivity index (χ3v) is 5.14.